The average Bonchev–Trinajstić information content (AvgIpc) is 2.33. The van der Waals surface area contributed by atoms with E-state index in [1.165, 1.54) is 6.33 Å². The molecule has 1 aromatic heterocycles. The number of rotatable bonds is 3. The molecule has 3 nitrogen and oxygen atoms in total. The van der Waals surface area contributed by atoms with Crippen LogP contribution >= 0.6 is 11.6 Å². The standard InChI is InChI=1S/C13H17ClN2O/c1-9-5-3-4-6-11(9)7-17-13-10(2)12(14)15-8-16-13/h3-4,8-9,11H,5-7H2,1-2H3. The molecule has 0 saturated heterocycles. The minimum Gasteiger partial charge on any atom is -0.477 e. The third-order valence-corrected chi connectivity index (χ3v) is 3.71. The zero-order valence-electron chi connectivity index (χ0n) is 10.2. The third-order valence-electron chi connectivity index (χ3n) is 3.33. The summed E-state index contributed by atoms with van der Waals surface area (Å²) in [5, 5.41) is 0.464. The summed E-state index contributed by atoms with van der Waals surface area (Å²) in [6.45, 7) is 4.83. The van der Waals surface area contributed by atoms with E-state index in [0.29, 0.717) is 29.5 Å². The first-order chi connectivity index (χ1) is 8.18. The van der Waals surface area contributed by atoms with Crippen LogP contribution in [0.1, 0.15) is 25.3 Å². The molecular formula is C13H17ClN2O. The summed E-state index contributed by atoms with van der Waals surface area (Å²) in [5.41, 5.74) is 0.813. The highest BCUT2D eigenvalue weighted by molar-refractivity contribution is 6.30. The maximum Gasteiger partial charge on any atom is 0.220 e. The fraction of sp³-hybridized carbons (Fsp3) is 0.538. The van der Waals surface area contributed by atoms with Gasteiger partial charge < -0.3 is 4.74 Å². The Bertz CT molecular complexity index is 420. The summed E-state index contributed by atoms with van der Waals surface area (Å²) in [6.07, 6.45) is 8.13. The highest BCUT2D eigenvalue weighted by Gasteiger charge is 2.19. The van der Waals surface area contributed by atoms with E-state index in [0.717, 1.165) is 18.4 Å². The van der Waals surface area contributed by atoms with E-state index in [2.05, 4.69) is 29.0 Å². The molecule has 0 aliphatic heterocycles. The van der Waals surface area contributed by atoms with Gasteiger partial charge in [-0.3, -0.25) is 0 Å². The number of ether oxygens (including phenoxy) is 1. The summed E-state index contributed by atoms with van der Waals surface area (Å²) in [7, 11) is 0. The molecular weight excluding hydrogens is 236 g/mol. The topological polar surface area (TPSA) is 35.0 Å². The SMILES string of the molecule is Cc1c(Cl)ncnc1OCC1CC=CCC1C. The lowest BCUT2D eigenvalue weighted by molar-refractivity contribution is 0.191. The predicted octanol–water partition coefficient (Wildman–Crippen LogP) is 3.42. The van der Waals surface area contributed by atoms with Gasteiger partial charge in [-0.15, -0.1) is 0 Å². The Kier molecular flexibility index (Phi) is 4.00. The molecule has 1 aliphatic carbocycles. The second kappa shape index (κ2) is 5.50. The minimum absolute atomic E-state index is 0.464. The maximum atomic E-state index is 5.92. The van der Waals surface area contributed by atoms with E-state index in [1.807, 2.05) is 6.92 Å². The van der Waals surface area contributed by atoms with E-state index in [4.69, 9.17) is 16.3 Å². The largest absolute Gasteiger partial charge is 0.477 e. The lowest BCUT2D eigenvalue weighted by atomic mass is 9.85. The minimum atomic E-state index is 0.464. The van der Waals surface area contributed by atoms with E-state index in [9.17, 15) is 0 Å². The van der Waals surface area contributed by atoms with E-state index >= 15 is 0 Å². The summed E-state index contributed by atoms with van der Waals surface area (Å²) >= 11 is 5.92. The van der Waals surface area contributed by atoms with Crippen LogP contribution in [0.15, 0.2) is 18.5 Å². The summed E-state index contributed by atoms with van der Waals surface area (Å²) in [5.74, 6) is 1.83. The number of halogens is 1. The summed E-state index contributed by atoms with van der Waals surface area (Å²) in [4.78, 5) is 8.02. The molecule has 0 fully saturated rings. The molecule has 2 rings (SSSR count). The van der Waals surface area contributed by atoms with Crippen molar-refractivity contribution in [3.8, 4) is 5.88 Å². The lowest BCUT2D eigenvalue weighted by Gasteiger charge is -2.25. The zero-order chi connectivity index (χ0) is 12.3. The van der Waals surface area contributed by atoms with Gasteiger partial charge in [-0.2, -0.15) is 0 Å². The van der Waals surface area contributed by atoms with Crippen LogP contribution in [0.2, 0.25) is 5.15 Å². The first kappa shape index (κ1) is 12.4. The number of hydrogen-bond acceptors (Lipinski definition) is 3. The van der Waals surface area contributed by atoms with Crippen LogP contribution in [0, 0.1) is 18.8 Å². The van der Waals surface area contributed by atoms with Crippen LogP contribution in [0.5, 0.6) is 5.88 Å². The second-order valence-corrected chi connectivity index (χ2v) is 4.94. The van der Waals surface area contributed by atoms with Crippen molar-refractivity contribution in [2.24, 2.45) is 11.8 Å². The Morgan fingerprint density at radius 2 is 2.12 bits per heavy atom. The van der Waals surface area contributed by atoms with Crippen molar-refractivity contribution in [3.63, 3.8) is 0 Å². The quantitative estimate of drug-likeness (QED) is 0.611. The fourth-order valence-corrected chi connectivity index (χ4v) is 2.11. The van der Waals surface area contributed by atoms with Crippen LogP contribution in [0.3, 0.4) is 0 Å². The molecule has 0 aromatic carbocycles. The van der Waals surface area contributed by atoms with E-state index in [1.54, 1.807) is 0 Å². The maximum absolute atomic E-state index is 5.92. The van der Waals surface area contributed by atoms with Gasteiger partial charge in [0.1, 0.15) is 11.5 Å². The molecule has 17 heavy (non-hydrogen) atoms. The van der Waals surface area contributed by atoms with Crippen LogP contribution in [0.25, 0.3) is 0 Å². The lowest BCUT2D eigenvalue weighted by Crippen LogP contribution is -2.21. The van der Waals surface area contributed by atoms with Gasteiger partial charge in [-0.05, 0) is 31.6 Å². The first-order valence-corrected chi connectivity index (χ1v) is 6.31. The molecule has 0 bridgehead atoms. The van der Waals surface area contributed by atoms with Gasteiger partial charge in [-0.1, -0.05) is 30.7 Å². The number of allylic oxidation sites excluding steroid dienone is 2. The number of aromatic nitrogens is 2. The average molecular weight is 253 g/mol. The van der Waals surface area contributed by atoms with E-state index in [-0.39, 0.29) is 0 Å². The van der Waals surface area contributed by atoms with Crippen LogP contribution < -0.4 is 4.74 Å². The van der Waals surface area contributed by atoms with Crippen molar-refractivity contribution in [1.82, 2.24) is 9.97 Å². The molecule has 0 spiro atoms. The highest BCUT2D eigenvalue weighted by atomic mass is 35.5. The third kappa shape index (κ3) is 2.97. The predicted molar refractivity (Wildman–Crippen MR) is 68.3 cm³/mol. The molecule has 0 saturated carbocycles. The normalized spacial score (nSPS) is 23.7. The molecule has 0 N–H and O–H groups in total. The van der Waals surface area contributed by atoms with Crippen molar-refractivity contribution < 1.29 is 4.74 Å². The summed E-state index contributed by atoms with van der Waals surface area (Å²) < 4.78 is 5.76. The highest BCUT2D eigenvalue weighted by Crippen LogP contribution is 2.27. The van der Waals surface area contributed by atoms with Crippen LogP contribution in [-0.2, 0) is 0 Å². The van der Waals surface area contributed by atoms with Crippen LogP contribution in [0.4, 0.5) is 0 Å². The van der Waals surface area contributed by atoms with Gasteiger partial charge in [0, 0.05) is 5.56 Å². The molecule has 0 radical (unpaired) electrons. The van der Waals surface area contributed by atoms with Crippen LogP contribution in [-0.4, -0.2) is 16.6 Å². The molecule has 1 aliphatic rings. The molecule has 4 heteroatoms. The Morgan fingerprint density at radius 1 is 1.35 bits per heavy atom. The Balaban J connectivity index is 1.98. The van der Waals surface area contributed by atoms with Crippen molar-refractivity contribution in [2.45, 2.75) is 26.7 Å². The molecule has 2 atom stereocenters. The van der Waals surface area contributed by atoms with Gasteiger partial charge in [0.2, 0.25) is 5.88 Å². The number of hydrogen-bond donors (Lipinski definition) is 0. The zero-order valence-corrected chi connectivity index (χ0v) is 10.9. The first-order valence-electron chi connectivity index (χ1n) is 5.93. The number of nitrogens with zero attached hydrogens (tertiary/aromatic N) is 2. The smallest absolute Gasteiger partial charge is 0.220 e. The Hall–Kier alpha value is -1.09. The van der Waals surface area contributed by atoms with Crippen molar-refractivity contribution >= 4 is 11.6 Å². The summed E-state index contributed by atoms with van der Waals surface area (Å²) in [6, 6.07) is 0. The van der Waals surface area contributed by atoms with E-state index < -0.39 is 0 Å². The second-order valence-electron chi connectivity index (χ2n) is 4.59. The van der Waals surface area contributed by atoms with Gasteiger partial charge in [0.05, 0.1) is 6.61 Å². The van der Waals surface area contributed by atoms with Crippen molar-refractivity contribution in [2.75, 3.05) is 6.61 Å². The van der Waals surface area contributed by atoms with Gasteiger partial charge in [0.15, 0.2) is 0 Å². The molecule has 1 heterocycles. The Labute approximate surface area is 107 Å². The Morgan fingerprint density at radius 3 is 2.88 bits per heavy atom. The molecule has 92 valence electrons. The fourth-order valence-electron chi connectivity index (χ4n) is 1.98. The molecule has 1 aromatic rings. The van der Waals surface area contributed by atoms with Crippen molar-refractivity contribution in [3.05, 3.63) is 29.2 Å². The monoisotopic (exact) mass is 252 g/mol. The van der Waals surface area contributed by atoms with Crippen molar-refractivity contribution in [1.29, 1.82) is 0 Å². The van der Waals surface area contributed by atoms with Gasteiger partial charge in [-0.25, -0.2) is 9.97 Å². The molecule has 0 amide bonds. The van der Waals surface area contributed by atoms with Gasteiger partial charge in [0.25, 0.3) is 0 Å². The molecule has 2 unspecified atom stereocenters. The van der Waals surface area contributed by atoms with Gasteiger partial charge >= 0.3 is 0 Å².